The largest absolute Gasteiger partial charge is 2.00 e. The summed E-state index contributed by atoms with van der Waals surface area (Å²) < 4.78 is 0. The van der Waals surface area contributed by atoms with Crippen molar-refractivity contribution >= 4 is 0 Å². The van der Waals surface area contributed by atoms with Crippen molar-refractivity contribution in [3.63, 3.8) is 0 Å². The summed E-state index contributed by atoms with van der Waals surface area (Å²) in [5, 5.41) is 0. The van der Waals surface area contributed by atoms with Crippen LogP contribution in [0.3, 0.4) is 0 Å². The first kappa shape index (κ1) is 15.9. The summed E-state index contributed by atoms with van der Waals surface area (Å²) in [6, 6.07) is 0. The van der Waals surface area contributed by atoms with Crippen molar-refractivity contribution in [3.05, 3.63) is 13.3 Å². The Kier molecular flexibility index (Phi) is 24.4. The molecule has 0 aromatic rings. The van der Waals surface area contributed by atoms with Gasteiger partial charge in [-0.1, -0.05) is 0 Å². The van der Waals surface area contributed by atoms with E-state index in [4.69, 9.17) is 0 Å². The fraction of sp³-hybridized carbons (Fsp3) is 0.600. The first-order chi connectivity index (χ1) is 1.73. The van der Waals surface area contributed by atoms with Gasteiger partial charge in [-0.3, -0.25) is 0 Å². The van der Waals surface area contributed by atoms with Gasteiger partial charge in [0.15, 0.2) is 0 Å². The molecule has 0 aliphatic carbocycles. The second-order valence-corrected chi connectivity index (χ2v) is 1.50. The van der Waals surface area contributed by atoms with Crippen LogP contribution in [0.5, 0.6) is 0 Å². The number of hydrogen-bond acceptors (Lipinski definition) is 0. The standard InChI is InChI=1S/C4H9.CH3.W/c1-4(2)3;;/h1-3H3;1H3;/q2*-1;+2. The van der Waals surface area contributed by atoms with Crippen LogP contribution in [0.4, 0.5) is 0 Å². The molecule has 0 nitrogen and oxygen atoms in total. The molecule has 0 fully saturated rings. The first-order valence-corrected chi connectivity index (χ1v) is 1.50. The second-order valence-electron chi connectivity index (χ2n) is 1.50. The minimum absolute atomic E-state index is 0. The van der Waals surface area contributed by atoms with Gasteiger partial charge in [-0.2, -0.15) is 20.8 Å². The average Bonchev–Trinajstić information content (AvgIpc) is 0.811. The van der Waals surface area contributed by atoms with E-state index in [1.54, 1.807) is 0 Å². The minimum Gasteiger partial charge on any atom is -0.358 e. The summed E-state index contributed by atoms with van der Waals surface area (Å²) >= 11 is 0. The third-order valence-electron chi connectivity index (χ3n) is 0. The minimum atomic E-state index is 0. The van der Waals surface area contributed by atoms with Gasteiger partial charge in [0.25, 0.3) is 0 Å². The molecule has 0 saturated heterocycles. The summed E-state index contributed by atoms with van der Waals surface area (Å²) in [5.41, 5.74) is 0. The molecule has 0 N–H and O–H groups in total. The maximum absolute atomic E-state index is 2.08. The molecule has 0 aromatic carbocycles. The molecular formula is C5H12W. The van der Waals surface area contributed by atoms with Crippen LogP contribution in [0.2, 0.25) is 0 Å². The van der Waals surface area contributed by atoms with Crippen LogP contribution in [0.25, 0.3) is 0 Å². The van der Waals surface area contributed by atoms with Crippen molar-refractivity contribution in [2.75, 3.05) is 0 Å². The molecule has 0 rings (SSSR count). The Balaban J connectivity index is -0.0000000450. The van der Waals surface area contributed by atoms with Crippen molar-refractivity contribution in [2.45, 2.75) is 20.8 Å². The van der Waals surface area contributed by atoms with E-state index in [0.29, 0.717) is 0 Å². The normalized spacial score (nSPS) is 6.00. The predicted molar refractivity (Wildman–Crippen MR) is 26.7 cm³/mol. The molecule has 0 unspecified atom stereocenters. The van der Waals surface area contributed by atoms with Crippen LogP contribution in [-0.4, -0.2) is 0 Å². The predicted octanol–water partition coefficient (Wildman–Crippen LogP) is 2.07. The summed E-state index contributed by atoms with van der Waals surface area (Å²) in [7, 11) is 0. The van der Waals surface area contributed by atoms with Gasteiger partial charge >= 0.3 is 21.1 Å². The Morgan fingerprint density at radius 2 is 1.00 bits per heavy atom. The van der Waals surface area contributed by atoms with Gasteiger partial charge in [0.1, 0.15) is 0 Å². The van der Waals surface area contributed by atoms with Crippen LogP contribution in [0.15, 0.2) is 0 Å². The molecule has 0 amide bonds. The Morgan fingerprint density at radius 3 is 1.00 bits per heavy atom. The Bertz CT molecular complexity index is 8.66. The van der Waals surface area contributed by atoms with Gasteiger partial charge in [0.05, 0.1) is 0 Å². The summed E-state index contributed by atoms with van der Waals surface area (Å²) in [4.78, 5) is 0. The molecule has 0 bridgehead atoms. The van der Waals surface area contributed by atoms with Crippen LogP contribution >= 0.6 is 0 Å². The van der Waals surface area contributed by atoms with Crippen molar-refractivity contribution < 1.29 is 21.1 Å². The van der Waals surface area contributed by atoms with E-state index < -0.39 is 0 Å². The molecule has 0 aromatic heterocycles. The van der Waals surface area contributed by atoms with E-state index in [9.17, 15) is 0 Å². The maximum atomic E-state index is 2.08. The molecule has 6 heavy (non-hydrogen) atoms. The van der Waals surface area contributed by atoms with Crippen molar-refractivity contribution in [1.82, 2.24) is 0 Å². The van der Waals surface area contributed by atoms with E-state index in [1.165, 1.54) is 5.92 Å². The van der Waals surface area contributed by atoms with Crippen molar-refractivity contribution in [2.24, 2.45) is 0 Å². The van der Waals surface area contributed by atoms with Gasteiger partial charge in [-0.05, 0) is 0 Å². The molecule has 1 heteroatoms. The Labute approximate surface area is 55.6 Å². The van der Waals surface area contributed by atoms with Crippen LogP contribution < -0.4 is 0 Å². The zero-order valence-corrected chi connectivity index (χ0v) is 7.84. The second kappa shape index (κ2) is 9.19. The van der Waals surface area contributed by atoms with E-state index in [-0.39, 0.29) is 28.5 Å². The third-order valence-corrected chi connectivity index (χ3v) is 0. The fourth-order valence-electron chi connectivity index (χ4n) is 0. The van der Waals surface area contributed by atoms with Crippen LogP contribution in [0, 0.1) is 13.3 Å². The smallest absolute Gasteiger partial charge is 0.358 e. The summed E-state index contributed by atoms with van der Waals surface area (Å²) in [6.07, 6.45) is 0. The van der Waals surface area contributed by atoms with Gasteiger partial charge in [0, 0.05) is 0 Å². The third kappa shape index (κ3) is 135. The van der Waals surface area contributed by atoms with Gasteiger partial charge in [0.2, 0.25) is 0 Å². The molecular weight excluding hydrogens is 244 g/mol. The molecule has 0 heterocycles. The van der Waals surface area contributed by atoms with E-state index in [2.05, 4.69) is 20.8 Å². The fourth-order valence-corrected chi connectivity index (χ4v) is 0. The maximum Gasteiger partial charge on any atom is 2.00 e. The van der Waals surface area contributed by atoms with E-state index >= 15 is 0 Å². The quantitative estimate of drug-likeness (QED) is 0.582. The van der Waals surface area contributed by atoms with Crippen LogP contribution in [-0.2, 0) is 21.1 Å². The molecule has 0 spiro atoms. The van der Waals surface area contributed by atoms with Gasteiger partial charge in [-0.15, -0.1) is 0 Å². The van der Waals surface area contributed by atoms with Crippen molar-refractivity contribution in [3.8, 4) is 0 Å². The zero-order chi connectivity index (χ0) is 3.58. The molecule has 0 atom stereocenters. The molecule has 0 radical (unpaired) electrons. The van der Waals surface area contributed by atoms with Crippen molar-refractivity contribution in [1.29, 1.82) is 0 Å². The van der Waals surface area contributed by atoms with Gasteiger partial charge < -0.3 is 13.3 Å². The molecule has 0 aliphatic rings. The molecule has 38 valence electrons. The number of hydrogen-bond donors (Lipinski definition) is 0. The average molecular weight is 256 g/mol. The van der Waals surface area contributed by atoms with E-state index in [0.717, 1.165) is 0 Å². The Hall–Kier alpha value is 0.688. The van der Waals surface area contributed by atoms with Crippen LogP contribution in [0.1, 0.15) is 20.8 Å². The van der Waals surface area contributed by atoms with E-state index in [1.807, 2.05) is 0 Å². The van der Waals surface area contributed by atoms with Gasteiger partial charge in [-0.25, -0.2) is 0 Å². The first-order valence-electron chi connectivity index (χ1n) is 1.50. The SMILES string of the molecule is C[C-](C)C.[CH3-].[W+2]. The topological polar surface area (TPSA) is 0 Å². The monoisotopic (exact) mass is 256 g/mol. The summed E-state index contributed by atoms with van der Waals surface area (Å²) in [5.74, 6) is 1.42. The molecule has 0 saturated carbocycles. The Morgan fingerprint density at radius 1 is 1.00 bits per heavy atom. The summed E-state index contributed by atoms with van der Waals surface area (Å²) in [6.45, 7) is 6.25. The number of rotatable bonds is 0. The molecule has 0 aliphatic heterocycles. The zero-order valence-electron chi connectivity index (χ0n) is 4.91.